The predicted molar refractivity (Wildman–Crippen MR) is 80.4 cm³/mol. The lowest BCUT2D eigenvalue weighted by molar-refractivity contribution is 0.407. The molecule has 17 heavy (non-hydrogen) atoms. The van der Waals surface area contributed by atoms with E-state index in [-0.39, 0.29) is 0 Å². The van der Waals surface area contributed by atoms with Crippen LogP contribution in [0.25, 0.3) is 0 Å². The molecule has 0 saturated heterocycles. The third-order valence-electron chi connectivity index (χ3n) is 6.78. The van der Waals surface area contributed by atoms with Crippen LogP contribution in [0.3, 0.4) is 0 Å². The lowest BCUT2D eigenvalue weighted by atomic mass is 9.94. The Morgan fingerprint density at radius 3 is 2.41 bits per heavy atom. The van der Waals surface area contributed by atoms with Gasteiger partial charge < -0.3 is 0 Å². The van der Waals surface area contributed by atoms with Crippen LogP contribution in [0.5, 0.6) is 0 Å². The maximum Gasteiger partial charge on any atom is 0.0172 e. The summed E-state index contributed by atoms with van der Waals surface area (Å²) in [5, 5.41) is 0. The molecule has 4 aliphatic carbocycles. The summed E-state index contributed by atoms with van der Waals surface area (Å²) in [4.78, 5) is 0. The third kappa shape index (κ3) is 1.74. The summed E-state index contributed by atoms with van der Waals surface area (Å²) in [5.41, 5.74) is 2.42. The molecule has 0 aromatic heterocycles. The monoisotopic (exact) mass is 344 g/mol. The molecule has 96 valence electrons. The van der Waals surface area contributed by atoms with Crippen LogP contribution in [0.2, 0.25) is 0 Å². The van der Waals surface area contributed by atoms with E-state index in [4.69, 9.17) is 0 Å². The Bertz CT molecular complexity index is 351. The minimum atomic E-state index is 0.767. The number of hydrogen-bond donors (Lipinski definition) is 0. The van der Waals surface area contributed by atoms with Gasteiger partial charge in [-0.2, -0.15) is 0 Å². The van der Waals surface area contributed by atoms with Crippen molar-refractivity contribution in [3.8, 4) is 0 Å². The highest BCUT2D eigenvalue weighted by molar-refractivity contribution is 14.1. The van der Waals surface area contributed by atoms with Crippen molar-refractivity contribution in [3.05, 3.63) is 0 Å². The summed E-state index contributed by atoms with van der Waals surface area (Å²) >= 11 is 2.78. The van der Waals surface area contributed by atoms with Gasteiger partial charge in [-0.25, -0.2) is 0 Å². The summed E-state index contributed by atoms with van der Waals surface area (Å²) in [5.74, 6) is 2.26. The maximum atomic E-state index is 2.78. The average molecular weight is 344 g/mol. The maximum absolute atomic E-state index is 2.78. The summed E-state index contributed by atoms with van der Waals surface area (Å²) < 4.78 is 0.990. The van der Waals surface area contributed by atoms with Crippen LogP contribution in [0.4, 0.5) is 0 Å². The zero-order chi connectivity index (χ0) is 11.9. The van der Waals surface area contributed by atoms with Crippen molar-refractivity contribution in [2.24, 2.45) is 28.1 Å². The van der Waals surface area contributed by atoms with E-state index in [0.29, 0.717) is 0 Å². The average Bonchev–Trinajstić information content (AvgIpc) is 3.04. The van der Waals surface area contributed by atoms with Gasteiger partial charge in [0.2, 0.25) is 0 Å². The first kappa shape index (κ1) is 11.5. The van der Waals surface area contributed by atoms with Crippen LogP contribution in [0, 0.1) is 28.1 Å². The first-order valence-electron chi connectivity index (χ1n) is 7.62. The van der Waals surface area contributed by atoms with Crippen molar-refractivity contribution >= 4 is 22.6 Å². The highest BCUT2D eigenvalue weighted by Crippen LogP contribution is 2.88. The van der Waals surface area contributed by atoms with Gasteiger partial charge in [-0.1, -0.05) is 49.3 Å². The van der Waals surface area contributed by atoms with Crippen LogP contribution in [0.1, 0.15) is 65.2 Å². The highest BCUT2D eigenvalue weighted by atomic mass is 127. The van der Waals surface area contributed by atoms with E-state index in [2.05, 4.69) is 36.4 Å². The van der Waals surface area contributed by atoms with Gasteiger partial charge in [0.1, 0.15) is 0 Å². The Hall–Kier alpha value is 0.730. The molecule has 0 radical (unpaired) electrons. The SMILES string of the molecule is CC12CC1([C@H](I)CC[C@]1(C)C[C@H]1CC1CC1)C2. The van der Waals surface area contributed by atoms with E-state index in [1.54, 1.807) is 38.5 Å². The van der Waals surface area contributed by atoms with Gasteiger partial charge in [-0.3, -0.25) is 0 Å². The van der Waals surface area contributed by atoms with E-state index in [9.17, 15) is 0 Å². The molecule has 0 heterocycles. The van der Waals surface area contributed by atoms with Crippen LogP contribution in [0.15, 0.2) is 0 Å². The van der Waals surface area contributed by atoms with Gasteiger partial charge >= 0.3 is 0 Å². The van der Waals surface area contributed by atoms with Crippen LogP contribution >= 0.6 is 22.6 Å². The van der Waals surface area contributed by atoms with Crippen LogP contribution < -0.4 is 0 Å². The Labute approximate surface area is 119 Å². The molecule has 0 nitrogen and oxygen atoms in total. The molecule has 4 aliphatic rings. The topological polar surface area (TPSA) is 0 Å². The van der Waals surface area contributed by atoms with E-state index < -0.39 is 0 Å². The molecular weight excluding hydrogens is 319 g/mol. The van der Waals surface area contributed by atoms with Crippen molar-refractivity contribution in [1.82, 2.24) is 0 Å². The fourth-order valence-corrected chi connectivity index (χ4v) is 6.02. The van der Waals surface area contributed by atoms with E-state index >= 15 is 0 Å². The number of hydrogen-bond acceptors (Lipinski definition) is 0. The van der Waals surface area contributed by atoms with Crippen molar-refractivity contribution in [3.63, 3.8) is 0 Å². The molecule has 0 spiro atoms. The Morgan fingerprint density at radius 1 is 1.24 bits per heavy atom. The third-order valence-corrected chi connectivity index (χ3v) is 8.60. The standard InChI is InChI=1S/C16H25I/c1-14(8-12(14)7-11-3-4-11)6-5-13(17)16-9-15(16,2)10-16/h11-13H,3-10H2,1-2H3/t12-,13-,14-,15?,16?/m1/s1. The number of rotatable bonds is 6. The molecule has 0 aromatic rings. The number of fused-ring (bicyclic) bond motifs is 1. The molecule has 4 fully saturated rings. The van der Waals surface area contributed by atoms with Crippen molar-refractivity contribution in [2.45, 2.75) is 69.1 Å². The van der Waals surface area contributed by atoms with E-state index in [1.807, 2.05) is 0 Å². The van der Waals surface area contributed by atoms with Gasteiger partial charge in [-0.15, -0.1) is 0 Å². The van der Waals surface area contributed by atoms with Gasteiger partial charge in [0.05, 0.1) is 0 Å². The molecule has 0 aliphatic heterocycles. The van der Waals surface area contributed by atoms with Gasteiger partial charge in [-0.05, 0) is 66.6 Å². The first-order valence-corrected chi connectivity index (χ1v) is 8.86. The van der Waals surface area contributed by atoms with Gasteiger partial charge in [0.25, 0.3) is 0 Å². The Kier molecular flexibility index (Phi) is 2.20. The number of alkyl halides is 1. The summed E-state index contributed by atoms with van der Waals surface area (Å²) in [6.45, 7) is 5.08. The molecule has 4 saturated carbocycles. The second-order valence-electron chi connectivity index (χ2n) is 8.31. The van der Waals surface area contributed by atoms with Crippen LogP contribution in [-0.2, 0) is 0 Å². The summed E-state index contributed by atoms with van der Waals surface area (Å²) in [6, 6.07) is 0. The molecule has 0 bridgehead atoms. The zero-order valence-corrected chi connectivity index (χ0v) is 13.4. The normalized spacial score (nSPS) is 56.3. The molecule has 1 heteroatoms. The predicted octanol–water partition coefficient (Wildman–Crippen LogP) is 5.20. The minimum Gasteiger partial charge on any atom is -0.0820 e. The molecule has 0 aromatic carbocycles. The van der Waals surface area contributed by atoms with Crippen molar-refractivity contribution in [2.75, 3.05) is 0 Å². The quantitative estimate of drug-likeness (QED) is 0.459. The van der Waals surface area contributed by atoms with Crippen LogP contribution in [-0.4, -0.2) is 3.92 Å². The Balaban J connectivity index is 1.25. The molecular formula is C16H25I. The second-order valence-corrected chi connectivity index (χ2v) is 9.81. The zero-order valence-electron chi connectivity index (χ0n) is 11.3. The molecule has 0 amide bonds. The molecule has 4 rings (SSSR count). The summed E-state index contributed by atoms with van der Waals surface area (Å²) in [7, 11) is 0. The second kappa shape index (κ2) is 3.24. The fraction of sp³-hybridized carbons (Fsp3) is 1.00. The number of halogens is 1. The first-order chi connectivity index (χ1) is 7.98. The van der Waals surface area contributed by atoms with Gasteiger partial charge in [0, 0.05) is 3.92 Å². The van der Waals surface area contributed by atoms with Crippen molar-refractivity contribution in [1.29, 1.82) is 0 Å². The minimum absolute atomic E-state index is 0.767. The van der Waals surface area contributed by atoms with Gasteiger partial charge in [0.15, 0.2) is 0 Å². The summed E-state index contributed by atoms with van der Waals surface area (Å²) in [6.07, 6.45) is 12.4. The highest BCUT2D eigenvalue weighted by Gasteiger charge is 2.81. The van der Waals surface area contributed by atoms with E-state index in [1.165, 1.54) is 12.8 Å². The smallest absolute Gasteiger partial charge is 0.0172 e. The van der Waals surface area contributed by atoms with Crippen molar-refractivity contribution < 1.29 is 0 Å². The largest absolute Gasteiger partial charge is 0.0820 e. The fourth-order valence-electron chi connectivity index (χ4n) is 4.52. The van der Waals surface area contributed by atoms with E-state index in [0.717, 1.165) is 32.0 Å². The molecule has 0 unspecified atom stereocenters. The lowest BCUT2D eigenvalue weighted by Crippen LogP contribution is -2.10. The molecule has 0 N–H and O–H groups in total. The molecule has 3 atom stereocenters. The Morgan fingerprint density at radius 2 is 1.88 bits per heavy atom. The lowest BCUT2D eigenvalue weighted by Gasteiger charge is -2.17.